The second-order valence-electron chi connectivity index (χ2n) is 8.19. The number of hydrogen-bond donors (Lipinski definition) is 1. The summed E-state index contributed by atoms with van der Waals surface area (Å²) in [6.07, 6.45) is 2.29. The molecule has 0 saturated carbocycles. The fourth-order valence-electron chi connectivity index (χ4n) is 3.99. The van der Waals surface area contributed by atoms with Crippen molar-refractivity contribution in [2.75, 3.05) is 19.6 Å². The van der Waals surface area contributed by atoms with E-state index in [1.165, 1.54) is 0 Å². The zero-order valence-corrected chi connectivity index (χ0v) is 18.0. The highest BCUT2D eigenvalue weighted by Crippen LogP contribution is 2.32. The lowest BCUT2D eigenvalue weighted by molar-refractivity contribution is -0.127. The molecule has 2 heterocycles. The van der Waals surface area contributed by atoms with E-state index < -0.39 is 16.1 Å². The van der Waals surface area contributed by atoms with Gasteiger partial charge in [0.15, 0.2) is 6.10 Å². The summed E-state index contributed by atoms with van der Waals surface area (Å²) in [5.41, 5.74) is 1.93. The first-order valence-corrected chi connectivity index (χ1v) is 12.0. The molecule has 1 fully saturated rings. The number of rotatable bonds is 6. The summed E-state index contributed by atoms with van der Waals surface area (Å²) in [5.74, 6) is 0.979. The third-order valence-electron chi connectivity index (χ3n) is 5.94. The van der Waals surface area contributed by atoms with Crippen LogP contribution in [-0.2, 0) is 27.7 Å². The molecule has 2 aliphatic rings. The van der Waals surface area contributed by atoms with Crippen molar-refractivity contribution in [2.24, 2.45) is 5.92 Å². The Labute approximate surface area is 178 Å². The molecular weight excluding hydrogens is 400 g/mol. The number of carbonyl (C=O) groups is 1. The normalized spacial score (nSPS) is 19.8. The van der Waals surface area contributed by atoms with Crippen LogP contribution in [0.3, 0.4) is 0 Å². The topological polar surface area (TPSA) is 75.7 Å². The summed E-state index contributed by atoms with van der Waals surface area (Å²) in [6, 6.07) is 14.9. The van der Waals surface area contributed by atoms with Gasteiger partial charge in [-0.25, -0.2) is 8.42 Å². The molecule has 4 rings (SSSR count). The number of carbonyl (C=O) groups excluding carboxylic acids is 1. The third kappa shape index (κ3) is 4.52. The fraction of sp³-hybridized carbons (Fsp3) is 0.435. The van der Waals surface area contributed by atoms with Gasteiger partial charge in [-0.3, -0.25) is 4.79 Å². The highest BCUT2D eigenvalue weighted by atomic mass is 32.2. The Balaban J connectivity index is 1.37. The van der Waals surface area contributed by atoms with E-state index in [1.54, 1.807) is 22.5 Å². The van der Waals surface area contributed by atoms with E-state index in [0.717, 1.165) is 30.4 Å². The summed E-state index contributed by atoms with van der Waals surface area (Å²) in [5, 5.41) is 2.92. The predicted molar refractivity (Wildman–Crippen MR) is 115 cm³/mol. The molecule has 1 N–H and O–H groups in total. The quantitative estimate of drug-likeness (QED) is 0.768. The molecule has 0 aliphatic carbocycles. The number of sulfonamides is 1. The lowest BCUT2D eigenvalue weighted by Crippen LogP contribution is -2.38. The van der Waals surface area contributed by atoms with Crippen molar-refractivity contribution < 1.29 is 17.9 Å². The second-order valence-corrected chi connectivity index (χ2v) is 10.1. The van der Waals surface area contributed by atoms with E-state index in [1.807, 2.05) is 30.3 Å². The molecule has 6 nitrogen and oxygen atoms in total. The first-order chi connectivity index (χ1) is 14.4. The zero-order valence-electron chi connectivity index (χ0n) is 17.2. The van der Waals surface area contributed by atoms with Crippen molar-refractivity contribution in [3.63, 3.8) is 0 Å². The van der Waals surface area contributed by atoms with Gasteiger partial charge in [0.2, 0.25) is 10.0 Å². The highest BCUT2D eigenvalue weighted by Gasteiger charge is 2.32. The minimum Gasteiger partial charge on any atom is -0.480 e. The highest BCUT2D eigenvalue weighted by molar-refractivity contribution is 7.89. The number of nitrogens with zero attached hydrogens (tertiary/aromatic N) is 1. The van der Waals surface area contributed by atoms with Crippen molar-refractivity contribution >= 4 is 15.9 Å². The Kier molecular flexibility index (Phi) is 6.11. The molecule has 30 heavy (non-hydrogen) atoms. The van der Waals surface area contributed by atoms with E-state index in [2.05, 4.69) is 12.2 Å². The number of nitrogens with one attached hydrogen (secondary N) is 1. The second kappa shape index (κ2) is 8.78. The summed E-state index contributed by atoms with van der Waals surface area (Å²) in [4.78, 5) is 12.8. The van der Waals surface area contributed by atoms with Crippen LogP contribution in [0.1, 0.15) is 30.9 Å². The molecular formula is C23H28N2O4S. The van der Waals surface area contributed by atoms with E-state index in [-0.39, 0.29) is 10.8 Å². The molecule has 1 amide bonds. The lowest BCUT2D eigenvalue weighted by atomic mass is 10.0. The van der Waals surface area contributed by atoms with E-state index >= 15 is 0 Å². The molecule has 2 aromatic rings. The minimum absolute atomic E-state index is 0.170. The van der Waals surface area contributed by atoms with Crippen molar-refractivity contribution in [3.8, 4) is 5.75 Å². The van der Waals surface area contributed by atoms with Gasteiger partial charge in [0.25, 0.3) is 5.91 Å². The molecule has 2 aliphatic heterocycles. The summed E-state index contributed by atoms with van der Waals surface area (Å²) >= 11 is 0. The lowest BCUT2D eigenvalue weighted by Gasteiger charge is -2.29. The maximum absolute atomic E-state index is 13.0. The van der Waals surface area contributed by atoms with Gasteiger partial charge in [-0.05, 0) is 54.5 Å². The van der Waals surface area contributed by atoms with Crippen LogP contribution >= 0.6 is 0 Å². The number of fused-ring (bicyclic) bond motifs is 1. The largest absolute Gasteiger partial charge is 0.480 e. The van der Waals surface area contributed by atoms with E-state index in [4.69, 9.17) is 4.74 Å². The van der Waals surface area contributed by atoms with Gasteiger partial charge in [-0.1, -0.05) is 37.3 Å². The van der Waals surface area contributed by atoms with Gasteiger partial charge in [-0.2, -0.15) is 4.31 Å². The summed E-state index contributed by atoms with van der Waals surface area (Å²) < 4.78 is 33.3. The number of benzene rings is 2. The summed E-state index contributed by atoms with van der Waals surface area (Å²) in [6.45, 7) is 3.81. The molecule has 0 radical (unpaired) electrons. The Bertz CT molecular complexity index is 999. The van der Waals surface area contributed by atoms with Gasteiger partial charge in [0.1, 0.15) is 5.75 Å². The molecule has 1 unspecified atom stereocenters. The first kappa shape index (κ1) is 20.9. The van der Waals surface area contributed by atoms with Crippen LogP contribution in [0.2, 0.25) is 0 Å². The smallest absolute Gasteiger partial charge is 0.261 e. The molecule has 160 valence electrons. The fourth-order valence-corrected chi connectivity index (χ4v) is 5.52. The van der Waals surface area contributed by atoms with Crippen LogP contribution in [0, 0.1) is 5.92 Å². The first-order valence-electron chi connectivity index (χ1n) is 10.5. The van der Waals surface area contributed by atoms with Crippen LogP contribution in [-0.4, -0.2) is 44.4 Å². The van der Waals surface area contributed by atoms with Gasteiger partial charge in [-0.15, -0.1) is 0 Å². The van der Waals surface area contributed by atoms with Crippen molar-refractivity contribution in [1.29, 1.82) is 0 Å². The van der Waals surface area contributed by atoms with Crippen LogP contribution in [0.25, 0.3) is 0 Å². The van der Waals surface area contributed by atoms with Gasteiger partial charge >= 0.3 is 0 Å². The molecule has 0 aromatic heterocycles. The minimum atomic E-state index is -3.51. The summed E-state index contributed by atoms with van der Waals surface area (Å²) in [7, 11) is -3.51. The molecule has 1 saturated heterocycles. The van der Waals surface area contributed by atoms with Crippen molar-refractivity contribution in [1.82, 2.24) is 9.62 Å². The average Bonchev–Trinajstić information content (AvgIpc) is 3.18. The number of ether oxygens (including phenoxy) is 1. The average molecular weight is 429 g/mol. The van der Waals surface area contributed by atoms with Crippen LogP contribution < -0.4 is 10.1 Å². The molecule has 7 heteroatoms. The Hall–Kier alpha value is -2.38. The van der Waals surface area contributed by atoms with Gasteiger partial charge in [0.05, 0.1) is 4.90 Å². The predicted octanol–water partition coefficient (Wildman–Crippen LogP) is 2.77. The number of piperidine rings is 1. The van der Waals surface area contributed by atoms with Gasteiger partial charge in [0, 0.05) is 26.1 Å². The standard InChI is InChI=1S/C23H28N2O4S/c1-17-10-13-25(14-11-17)30(27,28)20-7-8-21-19(15-20)16-22(29-21)23(26)24-12-9-18-5-3-2-4-6-18/h2-8,15,17,22H,9-14,16H2,1H3,(H,24,26). The number of hydrogen-bond acceptors (Lipinski definition) is 4. The van der Waals surface area contributed by atoms with Crippen LogP contribution in [0.15, 0.2) is 53.4 Å². The Morgan fingerprint density at radius 1 is 1.13 bits per heavy atom. The molecule has 2 aromatic carbocycles. The van der Waals surface area contributed by atoms with Gasteiger partial charge < -0.3 is 10.1 Å². The Morgan fingerprint density at radius 3 is 2.60 bits per heavy atom. The molecule has 0 bridgehead atoms. The Morgan fingerprint density at radius 2 is 1.87 bits per heavy atom. The third-order valence-corrected chi connectivity index (χ3v) is 7.83. The van der Waals surface area contributed by atoms with E-state index in [9.17, 15) is 13.2 Å². The number of amides is 1. The van der Waals surface area contributed by atoms with Crippen LogP contribution in [0.5, 0.6) is 5.75 Å². The maximum Gasteiger partial charge on any atom is 0.261 e. The van der Waals surface area contributed by atoms with Crippen molar-refractivity contribution in [3.05, 3.63) is 59.7 Å². The SMILES string of the molecule is CC1CCN(S(=O)(=O)c2ccc3c(c2)CC(C(=O)NCCc2ccccc2)O3)CC1. The molecule has 0 spiro atoms. The molecule has 1 atom stereocenters. The van der Waals surface area contributed by atoms with Crippen LogP contribution in [0.4, 0.5) is 0 Å². The monoisotopic (exact) mass is 428 g/mol. The zero-order chi connectivity index (χ0) is 21.1. The van der Waals surface area contributed by atoms with Crippen molar-refractivity contribution in [2.45, 2.75) is 43.6 Å². The maximum atomic E-state index is 13.0. The van der Waals surface area contributed by atoms with E-state index in [0.29, 0.717) is 37.7 Å².